The number of aromatic nitrogens is 4. The summed E-state index contributed by atoms with van der Waals surface area (Å²) in [7, 11) is 0. The van der Waals surface area contributed by atoms with Gasteiger partial charge >= 0.3 is 0 Å². The van der Waals surface area contributed by atoms with E-state index in [0.29, 0.717) is 5.82 Å². The number of rotatable bonds is 4. The molecule has 1 amide bonds. The highest BCUT2D eigenvalue weighted by Crippen LogP contribution is 2.17. The minimum absolute atomic E-state index is 0.00891. The Morgan fingerprint density at radius 2 is 1.95 bits per heavy atom. The molecule has 0 unspecified atom stereocenters. The Hall–Kier alpha value is -2.97. The zero-order valence-corrected chi connectivity index (χ0v) is 11.6. The highest BCUT2D eigenvalue weighted by Gasteiger charge is 2.20. The van der Waals surface area contributed by atoms with Gasteiger partial charge < -0.3 is 16.8 Å². The van der Waals surface area contributed by atoms with Crippen LogP contribution in [-0.4, -0.2) is 31.8 Å². The summed E-state index contributed by atoms with van der Waals surface area (Å²) in [5.74, 6) is -0.163. The number of H-pyrrole nitrogens is 1. The van der Waals surface area contributed by atoms with Crippen LogP contribution in [0.5, 0.6) is 0 Å². The Kier molecular flexibility index (Phi) is 3.83. The number of nitrogens with zero attached hydrogens (tertiary/aromatic N) is 3. The molecule has 7 N–H and O–H groups in total. The summed E-state index contributed by atoms with van der Waals surface area (Å²) in [6, 6.07) is 1.70. The van der Waals surface area contributed by atoms with E-state index in [2.05, 4.69) is 25.5 Å². The summed E-state index contributed by atoms with van der Waals surface area (Å²) in [4.78, 5) is 19.5. The van der Waals surface area contributed by atoms with Crippen LogP contribution in [0.2, 0.25) is 0 Å². The standard InChI is InChI=1S/C12H16N8O/c1-5(2)6-3-7(20-19-6)18-12(21)9(13)8-10(14)16-4-17-11(8)15/h3-5,13H,1-2H3,(H4,14,15,16,17)(H2,18,19,20,21). The molecular formula is C12H16N8O. The van der Waals surface area contributed by atoms with Gasteiger partial charge in [0.2, 0.25) is 0 Å². The van der Waals surface area contributed by atoms with Crippen molar-refractivity contribution < 1.29 is 4.79 Å². The van der Waals surface area contributed by atoms with Gasteiger partial charge in [-0.2, -0.15) is 5.10 Å². The number of nitrogens with one attached hydrogen (secondary N) is 3. The van der Waals surface area contributed by atoms with Crippen LogP contribution in [-0.2, 0) is 4.79 Å². The van der Waals surface area contributed by atoms with Crippen LogP contribution < -0.4 is 16.8 Å². The zero-order chi connectivity index (χ0) is 15.6. The van der Waals surface area contributed by atoms with E-state index in [-0.39, 0.29) is 23.1 Å². The monoisotopic (exact) mass is 288 g/mol. The number of amides is 1. The van der Waals surface area contributed by atoms with E-state index < -0.39 is 11.6 Å². The SMILES string of the molecule is CC(C)c1cc(NC(=O)C(=N)c2c(N)ncnc2N)n[nH]1. The fraction of sp³-hybridized carbons (Fsp3) is 0.250. The van der Waals surface area contributed by atoms with Gasteiger partial charge in [-0.05, 0) is 5.92 Å². The maximum Gasteiger partial charge on any atom is 0.275 e. The highest BCUT2D eigenvalue weighted by atomic mass is 16.1. The Bertz CT molecular complexity index is 670. The number of hydrogen-bond acceptors (Lipinski definition) is 7. The molecule has 0 aliphatic carbocycles. The summed E-state index contributed by atoms with van der Waals surface area (Å²) in [5, 5.41) is 17.1. The van der Waals surface area contributed by atoms with Gasteiger partial charge in [-0.3, -0.25) is 15.3 Å². The van der Waals surface area contributed by atoms with Crippen LogP contribution in [0.3, 0.4) is 0 Å². The second kappa shape index (κ2) is 5.57. The van der Waals surface area contributed by atoms with E-state index in [4.69, 9.17) is 16.9 Å². The number of anilines is 3. The number of carbonyl (C=O) groups is 1. The summed E-state index contributed by atoms with van der Waals surface area (Å²) >= 11 is 0. The molecule has 0 bridgehead atoms. The molecule has 2 rings (SSSR count). The lowest BCUT2D eigenvalue weighted by atomic mass is 10.1. The van der Waals surface area contributed by atoms with Crippen molar-refractivity contribution in [2.45, 2.75) is 19.8 Å². The predicted molar refractivity (Wildman–Crippen MR) is 79.0 cm³/mol. The van der Waals surface area contributed by atoms with E-state index in [0.717, 1.165) is 5.69 Å². The third-order valence-corrected chi connectivity index (χ3v) is 2.84. The first kappa shape index (κ1) is 14.4. The minimum Gasteiger partial charge on any atom is -0.383 e. The molecule has 110 valence electrons. The van der Waals surface area contributed by atoms with Crippen LogP contribution in [0.4, 0.5) is 17.5 Å². The van der Waals surface area contributed by atoms with Crippen molar-refractivity contribution in [2.24, 2.45) is 0 Å². The zero-order valence-electron chi connectivity index (χ0n) is 11.6. The van der Waals surface area contributed by atoms with E-state index in [1.54, 1.807) is 6.07 Å². The second-order valence-electron chi connectivity index (χ2n) is 4.71. The fourth-order valence-corrected chi connectivity index (χ4v) is 1.66. The first-order chi connectivity index (χ1) is 9.90. The van der Waals surface area contributed by atoms with E-state index >= 15 is 0 Å². The Morgan fingerprint density at radius 3 is 2.48 bits per heavy atom. The number of hydrogen-bond donors (Lipinski definition) is 5. The third kappa shape index (κ3) is 2.96. The lowest BCUT2D eigenvalue weighted by Crippen LogP contribution is -2.25. The molecule has 0 fully saturated rings. The van der Waals surface area contributed by atoms with Crippen LogP contribution in [0.15, 0.2) is 12.4 Å². The topological polar surface area (TPSA) is 159 Å². The molecule has 0 radical (unpaired) electrons. The van der Waals surface area contributed by atoms with Gasteiger partial charge in [0.15, 0.2) is 5.82 Å². The minimum atomic E-state index is -0.690. The molecule has 0 aromatic carbocycles. The molecule has 0 aliphatic heterocycles. The lowest BCUT2D eigenvalue weighted by Gasteiger charge is -2.08. The van der Waals surface area contributed by atoms with Gasteiger partial charge in [0.1, 0.15) is 23.7 Å². The van der Waals surface area contributed by atoms with E-state index in [9.17, 15) is 4.79 Å². The first-order valence-corrected chi connectivity index (χ1v) is 6.21. The van der Waals surface area contributed by atoms with Crippen LogP contribution in [0.25, 0.3) is 0 Å². The van der Waals surface area contributed by atoms with Crippen molar-refractivity contribution in [3.05, 3.63) is 23.7 Å². The Balaban J connectivity index is 2.18. The smallest absolute Gasteiger partial charge is 0.275 e. The average molecular weight is 288 g/mol. The molecule has 2 aromatic heterocycles. The quantitative estimate of drug-likeness (QED) is 0.515. The molecule has 0 atom stereocenters. The molecule has 0 saturated heterocycles. The van der Waals surface area contributed by atoms with Gasteiger partial charge in [-0.25, -0.2) is 9.97 Å². The van der Waals surface area contributed by atoms with Crippen LogP contribution in [0.1, 0.15) is 31.0 Å². The van der Waals surface area contributed by atoms with Crippen molar-refractivity contribution in [3.8, 4) is 0 Å². The van der Waals surface area contributed by atoms with Gasteiger partial charge in [-0.1, -0.05) is 13.8 Å². The molecule has 21 heavy (non-hydrogen) atoms. The maximum absolute atomic E-state index is 12.0. The molecule has 2 aromatic rings. The van der Waals surface area contributed by atoms with Gasteiger partial charge in [0, 0.05) is 11.8 Å². The number of nitrogens with two attached hydrogens (primary N) is 2. The van der Waals surface area contributed by atoms with Gasteiger partial charge in [-0.15, -0.1) is 0 Å². The van der Waals surface area contributed by atoms with Gasteiger partial charge in [0.05, 0.1) is 5.56 Å². The third-order valence-electron chi connectivity index (χ3n) is 2.84. The fourth-order valence-electron chi connectivity index (χ4n) is 1.66. The number of carbonyl (C=O) groups excluding carboxylic acids is 1. The lowest BCUT2D eigenvalue weighted by molar-refractivity contribution is -0.110. The van der Waals surface area contributed by atoms with Crippen LogP contribution >= 0.6 is 0 Å². The van der Waals surface area contributed by atoms with Crippen molar-refractivity contribution in [2.75, 3.05) is 16.8 Å². The molecule has 9 heteroatoms. The second-order valence-corrected chi connectivity index (χ2v) is 4.71. The molecule has 2 heterocycles. The van der Waals surface area contributed by atoms with Crippen LogP contribution in [0, 0.1) is 5.41 Å². The molecule has 0 saturated carbocycles. The average Bonchev–Trinajstić information content (AvgIpc) is 2.87. The Labute approximate surface area is 120 Å². The highest BCUT2D eigenvalue weighted by molar-refractivity contribution is 6.49. The normalized spacial score (nSPS) is 10.6. The number of aromatic amines is 1. The van der Waals surface area contributed by atoms with E-state index in [1.807, 2.05) is 13.8 Å². The maximum atomic E-state index is 12.0. The summed E-state index contributed by atoms with van der Waals surface area (Å²) in [5.41, 5.74) is 11.7. The summed E-state index contributed by atoms with van der Waals surface area (Å²) in [6.07, 6.45) is 1.17. The van der Waals surface area contributed by atoms with Crippen molar-refractivity contribution in [3.63, 3.8) is 0 Å². The van der Waals surface area contributed by atoms with Crippen molar-refractivity contribution in [1.29, 1.82) is 5.41 Å². The van der Waals surface area contributed by atoms with Crippen molar-refractivity contribution in [1.82, 2.24) is 20.2 Å². The molecular weight excluding hydrogens is 272 g/mol. The largest absolute Gasteiger partial charge is 0.383 e. The predicted octanol–water partition coefficient (Wildman–Crippen LogP) is 0.494. The summed E-state index contributed by atoms with van der Waals surface area (Å²) in [6.45, 7) is 3.98. The molecule has 0 aliphatic rings. The van der Waals surface area contributed by atoms with Crippen molar-refractivity contribution >= 4 is 29.1 Å². The Morgan fingerprint density at radius 1 is 1.33 bits per heavy atom. The molecule has 0 spiro atoms. The number of nitrogen functional groups attached to an aromatic ring is 2. The first-order valence-electron chi connectivity index (χ1n) is 6.21. The molecule has 9 nitrogen and oxygen atoms in total. The van der Waals surface area contributed by atoms with E-state index in [1.165, 1.54) is 6.33 Å². The summed E-state index contributed by atoms with van der Waals surface area (Å²) < 4.78 is 0. The van der Waals surface area contributed by atoms with Gasteiger partial charge in [0.25, 0.3) is 5.91 Å².